The van der Waals surface area contributed by atoms with Crippen molar-refractivity contribution in [3.8, 4) is 0 Å². The molecule has 7 heteroatoms. The van der Waals surface area contributed by atoms with Crippen molar-refractivity contribution in [2.75, 3.05) is 23.4 Å². The van der Waals surface area contributed by atoms with E-state index in [0.717, 1.165) is 10.6 Å². The molecule has 0 saturated heterocycles. The molecular formula is C12H14ClFN4S. The average Bonchev–Trinajstić information content (AvgIpc) is 2.72. The monoisotopic (exact) mass is 300 g/mol. The van der Waals surface area contributed by atoms with Crippen LogP contribution in [-0.2, 0) is 6.54 Å². The molecule has 1 aromatic heterocycles. The number of hydrogen-bond donors (Lipinski definition) is 2. The zero-order valence-electron chi connectivity index (χ0n) is 10.6. The molecule has 2 rings (SSSR count). The molecule has 19 heavy (non-hydrogen) atoms. The van der Waals surface area contributed by atoms with Crippen LogP contribution in [0.15, 0.2) is 11.6 Å². The Balaban J connectivity index is 2.37. The van der Waals surface area contributed by atoms with Gasteiger partial charge in [-0.3, -0.25) is 0 Å². The average molecular weight is 301 g/mol. The smallest absolute Gasteiger partial charge is 0.169 e. The number of hydrogen-bond acceptors (Lipinski definition) is 5. The van der Waals surface area contributed by atoms with Crippen molar-refractivity contribution in [2.45, 2.75) is 13.5 Å². The maximum absolute atomic E-state index is 14.2. The summed E-state index contributed by atoms with van der Waals surface area (Å²) < 4.78 is 14.2. The van der Waals surface area contributed by atoms with E-state index >= 15 is 0 Å². The molecule has 0 spiro atoms. The summed E-state index contributed by atoms with van der Waals surface area (Å²) in [6.07, 6.45) is 0. The standard InChI is InChI=1S/C12H14ClFN4S/c1-6-9(19-5-17-6)4-18(2)12-8(16)3-7(15)10(13)11(12)14/h3,5H,4,15-16H2,1-2H3. The number of aryl methyl sites for hydroxylation is 1. The van der Waals surface area contributed by atoms with Crippen LogP contribution in [0.3, 0.4) is 0 Å². The van der Waals surface area contributed by atoms with Crippen molar-refractivity contribution in [1.82, 2.24) is 4.98 Å². The lowest BCUT2D eigenvalue weighted by Gasteiger charge is -2.22. The van der Waals surface area contributed by atoms with Gasteiger partial charge in [-0.15, -0.1) is 11.3 Å². The van der Waals surface area contributed by atoms with Crippen LogP contribution in [0.25, 0.3) is 0 Å². The Kier molecular flexibility index (Phi) is 3.82. The molecule has 0 unspecified atom stereocenters. The molecule has 0 bridgehead atoms. The van der Waals surface area contributed by atoms with E-state index in [4.69, 9.17) is 23.1 Å². The fraction of sp³-hybridized carbons (Fsp3) is 0.250. The summed E-state index contributed by atoms with van der Waals surface area (Å²) in [6.45, 7) is 2.42. The van der Waals surface area contributed by atoms with Gasteiger partial charge >= 0.3 is 0 Å². The molecule has 0 radical (unpaired) electrons. The van der Waals surface area contributed by atoms with Gasteiger partial charge in [0.15, 0.2) is 5.82 Å². The number of anilines is 3. The topological polar surface area (TPSA) is 68.2 Å². The highest BCUT2D eigenvalue weighted by molar-refractivity contribution is 7.09. The van der Waals surface area contributed by atoms with Crippen LogP contribution in [0.1, 0.15) is 10.6 Å². The zero-order valence-corrected chi connectivity index (χ0v) is 12.1. The largest absolute Gasteiger partial charge is 0.397 e. The van der Waals surface area contributed by atoms with E-state index in [1.165, 1.54) is 17.4 Å². The van der Waals surface area contributed by atoms with E-state index in [2.05, 4.69) is 4.98 Å². The van der Waals surface area contributed by atoms with Crippen molar-refractivity contribution >= 4 is 40.0 Å². The number of aromatic nitrogens is 1. The van der Waals surface area contributed by atoms with Crippen LogP contribution < -0.4 is 16.4 Å². The minimum absolute atomic E-state index is 0.0999. The third-order valence-corrected chi connectivity index (χ3v) is 4.15. The summed E-state index contributed by atoms with van der Waals surface area (Å²) in [5, 5.41) is -0.0999. The first kappa shape index (κ1) is 13.9. The highest BCUT2D eigenvalue weighted by atomic mass is 35.5. The van der Waals surface area contributed by atoms with Gasteiger partial charge in [-0.05, 0) is 13.0 Å². The molecule has 0 atom stereocenters. The number of benzene rings is 1. The van der Waals surface area contributed by atoms with Crippen LogP contribution >= 0.6 is 22.9 Å². The van der Waals surface area contributed by atoms with Crippen molar-refractivity contribution in [3.05, 3.63) is 33.0 Å². The number of thiazole rings is 1. The molecule has 4 N–H and O–H groups in total. The Labute approximate surface area is 119 Å². The molecule has 2 aromatic rings. The lowest BCUT2D eigenvalue weighted by molar-refractivity contribution is 0.624. The second-order valence-corrected chi connectivity index (χ2v) is 5.57. The summed E-state index contributed by atoms with van der Waals surface area (Å²) in [4.78, 5) is 6.92. The number of nitrogen functional groups attached to an aromatic ring is 2. The molecule has 0 fully saturated rings. The van der Waals surface area contributed by atoms with Crippen LogP contribution in [-0.4, -0.2) is 12.0 Å². The third kappa shape index (κ3) is 2.59. The SMILES string of the molecule is Cc1ncsc1CN(C)c1c(N)cc(N)c(Cl)c1F. The van der Waals surface area contributed by atoms with Gasteiger partial charge in [0.2, 0.25) is 0 Å². The van der Waals surface area contributed by atoms with Gasteiger partial charge in [-0.1, -0.05) is 11.6 Å². The summed E-state index contributed by atoms with van der Waals surface area (Å²) in [6, 6.07) is 1.47. The normalized spacial score (nSPS) is 10.7. The molecular weight excluding hydrogens is 287 g/mol. The molecule has 1 heterocycles. The molecule has 1 aromatic carbocycles. The molecule has 4 nitrogen and oxygen atoms in total. The van der Waals surface area contributed by atoms with Gasteiger partial charge in [0.1, 0.15) is 5.02 Å². The molecule has 102 valence electrons. The summed E-state index contributed by atoms with van der Waals surface area (Å²) in [5.74, 6) is -0.594. The van der Waals surface area contributed by atoms with E-state index in [9.17, 15) is 4.39 Å². The van der Waals surface area contributed by atoms with Gasteiger partial charge in [0.05, 0.1) is 34.8 Å². The predicted molar refractivity (Wildman–Crippen MR) is 79.2 cm³/mol. The lowest BCUT2D eigenvalue weighted by atomic mass is 10.2. The lowest BCUT2D eigenvalue weighted by Crippen LogP contribution is -2.19. The first-order valence-electron chi connectivity index (χ1n) is 5.54. The Hall–Kier alpha value is -1.53. The maximum Gasteiger partial charge on any atom is 0.169 e. The molecule has 0 saturated carbocycles. The summed E-state index contributed by atoms with van der Waals surface area (Å²) in [7, 11) is 1.75. The van der Waals surface area contributed by atoms with E-state index < -0.39 is 5.82 Å². The Bertz CT molecular complexity index is 614. The van der Waals surface area contributed by atoms with Gasteiger partial charge < -0.3 is 16.4 Å². The van der Waals surface area contributed by atoms with Crippen LogP contribution in [0.2, 0.25) is 5.02 Å². The Morgan fingerprint density at radius 1 is 1.42 bits per heavy atom. The van der Waals surface area contributed by atoms with Gasteiger partial charge in [0, 0.05) is 11.9 Å². The molecule has 0 aliphatic rings. The van der Waals surface area contributed by atoms with E-state index in [0.29, 0.717) is 6.54 Å². The van der Waals surface area contributed by atoms with E-state index in [1.807, 2.05) is 6.92 Å². The number of halogens is 2. The van der Waals surface area contributed by atoms with E-state index in [1.54, 1.807) is 17.5 Å². The van der Waals surface area contributed by atoms with E-state index in [-0.39, 0.29) is 22.1 Å². The molecule has 0 aliphatic heterocycles. The summed E-state index contributed by atoms with van der Waals surface area (Å²) in [5.41, 5.74) is 14.8. The molecule has 0 aliphatic carbocycles. The van der Waals surface area contributed by atoms with Gasteiger partial charge in [0.25, 0.3) is 0 Å². The number of rotatable bonds is 3. The van der Waals surface area contributed by atoms with Crippen LogP contribution in [0, 0.1) is 12.7 Å². The fourth-order valence-corrected chi connectivity index (χ4v) is 2.79. The van der Waals surface area contributed by atoms with Crippen molar-refractivity contribution < 1.29 is 4.39 Å². The minimum Gasteiger partial charge on any atom is -0.397 e. The highest BCUT2D eigenvalue weighted by Gasteiger charge is 2.18. The second kappa shape index (κ2) is 5.22. The molecule has 0 amide bonds. The number of nitrogens with zero attached hydrogens (tertiary/aromatic N) is 2. The number of nitrogens with two attached hydrogens (primary N) is 2. The Morgan fingerprint density at radius 2 is 2.11 bits per heavy atom. The first-order chi connectivity index (χ1) is 8.91. The summed E-state index contributed by atoms with van der Waals surface area (Å²) >= 11 is 7.34. The second-order valence-electron chi connectivity index (χ2n) is 4.25. The first-order valence-corrected chi connectivity index (χ1v) is 6.80. The maximum atomic E-state index is 14.2. The Morgan fingerprint density at radius 3 is 2.68 bits per heavy atom. The van der Waals surface area contributed by atoms with Crippen LogP contribution in [0.4, 0.5) is 21.5 Å². The van der Waals surface area contributed by atoms with Crippen molar-refractivity contribution in [1.29, 1.82) is 0 Å². The van der Waals surface area contributed by atoms with Crippen molar-refractivity contribution in [2.24, 2.45) is 0 Å². The van der Waals surface area contributed by atoms with Crippen molar-refractivity contribution in [3.63, 3.8) is 0 Å². The zero-order chi connectivity index (χ0) is 14.2. The van der Waals surface area contributed by atoms with Gasteiger partial charge in [-0.25, -0.2) is 9.37 Å². The predicted octanol–water partition coefficient (Wildman–Crippen LogP) is 3.04. The minimum atomic E-state index is -0.594. The van der Waals surface area contributed by atoms with Crippen LogP contribution in [0.5, 0.6) is 0 Å². The fourth-order valence-electron chi connectivity index (χ4n) is 1.82. The third-order valence-electron chi connectivity index (χ3n) is 2.85. The quantitative estimate of drug-likeness (QED) is 0.855. The highest BCUT2D eigenvalue weighted by Crippen LogP contribution is 2.36. The van der Waals surface area contributed by atoms with Gasteiger partial charge in [-0.2, -0.15) is 0 Å².